The minimum Gasteiger partial charge on any atom is -0.392 e. The van der Waals surface area contributed by atoms with Gasteiger partial charge < -0.3 is 5.11 Å². The molecule has 4 nitrogen and oxygen atoms in total. The Balaban J connectivity index is 2.25. The minimum atomic E-state index is -3.58. The largest absolute Gasteiger partial charge is 0.392 e. The Morgan fingerprint density at radius 3 is 2.76 bits per heavy atom. The van der Waals surface area contributed by atoms with Gasteiger partial charge in [0.2, 0.25) is 10.0 Å². The zero-order chi connectivity index (χ0) is 15.7. The Morgan fingerprint density at radius 2 is 2.19 bits per heavy atom. The number of nitrogens with one attached hydrogen (secondary N) is 1. The summed E-state index contributed by atoms with van der Waals surface area (Å²) in [5.74, 6) is 1.09. The second-order valence-electron chi connectivity index (χ2n) is 5.59. The molecule has 1 heterocycles. The summed E-state index contributed by atoms with van der Waals surface area (Å²) < 4.78 is 28.5. The maximum Gasteiger partial charge on any atom is 0.240 e. The lowest BCUT2D eigenvalue weighted by Crippen LogP contribution is -2.37. The Labute approximate surface area is 138 Å². The SMILES string of the molecule is Cc1c(Br)cc(CO)cc1S(=O)(=O)NCC1(C)CCCS1. The highest BCUT2D eigenvalue weighted by atomic mass is 79.9. The van der Waals surface area contributed by atoms with Crippen LogP contribution in [-0.2, 0) is 16.6 Å². The van der Waals surface area contributed by atoms with Crippen molar-refractivity contribution in [3.8, 4) is 0 Å². The molecule has 118 valence electrons. The first-order chi connectivity index (χ1) is 9.77. The Hall–Kier alpha value is -0.0800. The van der Waals surface area contributed by atoms with Crippen LogP contribution < -0.4 is 4.72 Å². The fourth-order valence-corrected chi connectivity index (χ4v) is 5.84. The van der Waals surface area contributed by atoms with Crippen LogP contribution in [0.4, 0.5) is 0 Å². The van der Waals surface area contributed by atoms with Crippen LogP contribution in [0.5, 0.6) is 0 Å². The lowest BCUT2D eigenvalue weighted by molar-refractivity contribution is 0.281. The van der Waals surface area contributed by atoms with E-state index in [2.05, 4.69) is 27.6 Å². The number of aliphatic hydroxyl groups is 1. The summed E-state index contributed by atoms with van der Waals surface area (Å²) in [6.07, 6.45) is 2.16. The number of halogens is 1. The van der Waals surface area contributed by atoms with E-state index >= 15 is 0 Å². The molecule has 1 aromatic carbocycles. The molecule has 2 N–H and O–H groups in total. The molecule has 21 heavy (non-hydrogen) atoms. The highest BCUT2D eigenvalue weighted by Gasteiger charge is 2.31. The van der Waals surface area contributed by atoms with Gasteiger partial charge >= 0.3 is 0 Å². The van der Waals surface area contributed by atoms with Crippen LogP contribution in [0.2, 0.25) is 0 Å². The van der Waals surface area contributed by atoms with Crippen molar-refractivity contribution >= 4 is 37.7 Å². The van der Waals surface area contributed by atoms with E-state index in [0.29, 0.717) is 22.1 Å². The van der Waals surface area contributed by atoms with Gasteiger partial charge in [0.25, 0.3) is 0 Å². The molecule has 0 aromatic heterocycles. The van der Waals surface area contributed by atoms with Gasteiger partial charge in [-0.2, -0.15) is 11.8 Å². The van der Waals surface area contributed by atoms with E-state index in [0.717, 1.165) is 18.6 Å². The van der Waals surface area contributed by atoms with Crippen molar-refractivity contribution in [2.45, 2.75) is 42.9 Å². The molecule has 0 radical (unpaired) electrons. The van der Waals surface area contributed by atoms with Gasteiger partial charge in [-0.1, -0.05) is 15.9 Å². The summed E-state index contributed by atoms with van der Waals surface area (Å²) in [4.78, 5) is 0.229. The van der Waals surface area contributed by atoms with Crippen molar-refractivity contribution in [1.82, 2.24) is 4.72 Å². The number of aliphatic hydroxyl groups excluding tert-OH is 1. The normalized spacial score (nSPS) is 22.7. The van der Waals surface area contributed by atoms with Crippen LogP contribution in [0.25, 0.3) is 0 Å². The van der Waals surface area contributed by atoms with Crippen molar-refractivity contribution < 1.29 is 13.5 Å². The zero-order valence-electron chi connectivity index (χ0n) is 12.1. The summed E-state index contributed by atoms with van der Waals surface area (Å²) in [7, 11) is -3.58. The number of thioether (sulfide) groups is 1. The zero-order valence-corrected chi connectivity index (χ0v) is 15.4. The molecule has 1 aliphatic heterocycles. The first-order valence-electron chi connectivity index (χ1n) is 6.81. The van der Waals surface area contributed by atoms with Crippen molar-refractivity contribution in [3.63, 3.8) is 0 Å². The number of hydrogen-bond donors (Lipinski definition) is 2. The van der Waals surface area contributed by atoms with E-state index in [4.69, 9.17) is 0 Å². The first kappa shape index (κ1) is 17.3. The van der Waals surface area contributed by atoms with Crippen molar-refractivity contribution in [2.24, 2.45) is 0 Å². The summed E-state index contributed by atoms with van der Waals surface area (Å²) in [5, 5.41) is 9.25. The molecule has 0 spiro atoms. The van der Waals surface area contributed by atoms with Gasteiger partial charge in [-0.15, -0.1) is 0 Å². The molecule has 2 rings (SSSR count). The third-order valence-electron chi connectivity index (χ3n) is 3.77. The summed E-state index contributed by atoms with van der Waals surface area (Å²) >= 11 is 5.17. The molecule has 1 aromatic rings. The fourth-order valence-electron chi connectivity index (χ4n) is 2.38. The van der Waals surface area contributed by atoms with E-state index in [-0.39, 0.29) is 16.2 Å². The number of rotatable bonds is 5. The Kier molecular flexibility index (Phi) is 5.41. The standard InChI is InChI=1S/C14H20BrNO3S2/c1-10-12(15)6-11(8-17)7-13(10)21(18,19)16-9-14(2)4-3-5-20-14/h6-7,16-17H,3-5,8-9H2,1-2H3. The molecule has 1 fully saturated rings. The van der Waals surface area contributed by atoms with Gasteiger partial charge in [-0.25, -0.2) is 13.1 Å². The molecule has 0 saturated carbocycles. The molecule has 1 aliphatic rings. The fraction of sp³-hybridized carbons (Fsp3) is 0.571. The molecule has 1 atom stereocenters. The maximum atomic E-state index is 12.5. The monoisotopic (exact) mass is 393 g/mol. The first-order valence-corrected chi connectivity index (χ1v) is 10.1. The highest BCUT2D eigenvalue weighted by molar-refractivity contribution is 9.10. The van der Waals surface area contributed by atoms with Crippen LogP contribution in [0.1, 0.15) is 30.9 Å². The molecule has 7 heteroatoms. The number of benzene rings is 1. The average Bonchev–Trinajstić information content (AvgIpc) is 2.87. The van der Waals surface area contributed by atoms with Crippen LogP contribution in [0.15, 0.2) is 21.5 Å². The molecule has 0 aliphatic carbocycles. The van der Waals surface area contributed by atoms with Gasteiger partial charge in [0.1, 0.15) is 0 Å². The molecule has 1 saturated heterocycles. The molecular formula is C14H20BrNO3S2. The molecule has 0 bridgehead atoms. The summed E-state index contributed by atoms with van der Waals surface area (Å²) in [6, 6.07) is 3.27. The van der Waals surface area contributed by atoms with Crippen molar-refractivity contribution in [1.29, 1.82) is 0 Å². The van der Waals surface area contributed by atoms with E-state index in [1.807, 2.05) is 11.8 Å². The van der Waals surface area contributed by atoms with Gasteiger partial charge in [-0.05, 0) is 55.7 Å². The van der Waals surface area contributed by atoms with Crippen LogP contribution in [-0.4, -0.2) is 30.6 Å². The molecule has 0 amide bonds. The second-order valence-corrected chi connectivity index (χ2v) is 9.86. The quantitative estimate of drug-likeness (QED) is 0.806. The van der Waals surface area contributed by atoms with E-state index in [9.17, 15) is 13.5 Å². The van der Waals surface area contributed by atoms with Gasteiger partial charge in [0.05, 0.1) is 11.5 Å². The van der Waals surface area contributed by atoms with Crippen LogP contribution >= 0.6 is 27.7 Å². The van der Waals surface area contributed by atoms with Crippen LogP contribution in [0, 0.1) is 6.92 Å². The Bertz CT molecular complexity index is 625. The smallest absolute Gasteiger partial charge is 0.240 e. The van der Waals surface area contributed by atoms with E-state index in [1.54, 1.807) is 13.0 Å². The topological polar surface area (TPSA) is 66.4 Å². The van der Waals surface area contributed by atoms with E-state index < -0.39 is 10.0 Å². The van der Waals surface area contributed by atoms with Crippen molar-refractivity contribution in [2.75, 3.05) is 12.3 Å². The summed E-state index contributed by atoms with van der Waals surface area (Å²) in [6.45, 7) is 4.10. The molecule has 1 unspecified atom stereocenters. The Morgan fingerprint density at radius 1 is 1.48 bits per heavy atom. The average molecular weight is 394 g/mol. The summed E-state index contributed by atoms with van der Waals surface area (Å²) in [5.41, 5.74) is 1.23. The van der Waals surface area contributed by atoms with Gasteiger partial charge in [-0.3, -0.25) is 0 Å². The maximum absolute atomic E-state index is 12.5. The predicted octanol–water partition coefficient (Wildman–Crippen LogP) is 2.81. The van der Waals surface area contributed by atoms with E-state index in [1.165, 1.54) is 6.07 Å². The predicted molar refractivity (Wildman–Crippen MR) is 90.1 cm³/mol. The number of sulfonamides is 1. The van der Waals surface area contributed by atoms with Crippen molar-refractivity contribution in [3.05, 3.63) is 27.7 Å². The van der Waals surface area contributed by atoms with Gasteiger partial charge in [0, 0.05) is 15.8 Å². The third-order valence-corrected chi connectivity index (χ3v) is 7.65. The lowest BCUT2D eigenvalue weighted by Gasteiger charge is -2.23. The number of hydrogen-bond acceptors (Lipinski definition) is 4. The van der Waals surface area contributed by atoms with Crippen LogP contribution in [0.3, 0.4) is 0 Å². The molecular weight excluding hydrogens is 374 g/mol. The highest BCUT2D eigenvalue weighted by Crippen LogP contribution is 2.37. The lowest BCUT2D eigenvalue weighted by atomic mass is 10.1. The third kappa shape index (κ3) is 4.01. The second kappa shape index (κ2) is 6.58. The minimum absolute atomic E-state index is 0.0210. The van der Waals surface area contributed by atoms with Gasteiger partial charge in [0.15, 0.2) is 0 Å².